The lowest BCUT2D eigenvalue weighted by Crippen LogP contribution is -2.18. The Morgan fingerprint density at radius 1 is 0.704 bits per heavy atom. The second kappa shape index (κ2) is 8.95. The Balaban J connectivity index is 1.53. The van der Waals surface area contributed by atoms with Crippen molar-refractivity contribution in [2.45, 2.75) is 6.61 Å². The molecule has 0 aliphatic carbocycles. The number of hydrogen-bond acceptors (Lipinski definition) is 3. The summed E-state index contributed by atoms with van der Waals surface area (Å²) in [4.78, 5) is 0. The number of nitrogens with one attached hydrogen (secondary N) is 3. The molecule has 0 aliphatic heterocycles. The van der Waals surface area contributed by atoms with Crippen molar-refractivity contribution in [1.29, 1.82) is 0 Å². The highest BCUT2D eigenvalue weighted by molar-refractivity contribution is 7.80. The lowest BCUT2D eigenvalue weighted by molar-refractivity contribution is -0.0498. The van der Waals surface area contributed by atoms with Crippen LogP contribution >= 0.6 is 12.2 Å². The largest absolute Gasteiger partial charge is 0.435 e. The predicted octanol–water partition coefficient (Wildman–Crippen LogP) is 5.84. The van der Waals surface area contributed by atoms with Crippen molar-refractivity contribution < 1.29 is 13.5 Å². The number of anilines is 4. The van der Waals surface area contributed by atoms with E-state index in [9.17, 15) is 8.78 Å². The van der Waals surface area contributed by atoms with Crippen LogP contribution in [0.1, 0.15) is 0 Å². The fourth-order valence-electron chi connectivity index (χ4n) is 2.34. The van der Waals surface area contributed by atoms with E-state index in [1.165, 1.54) is 12.1 Å². The van der Waals surface area contributed by atoms with Gasteiger partial charge < -0.3 is 20.7 Å². The van der Waals surface area contributed by atoms with Crippen molar-refractivity contribution in [3.63, 3.8) is 0 Å². The van der Waals surface area contributed by atoms with Crippen LogP contribution in [0.2, 0.25) is 0 Å². The highest BCUT2D eigenvalue weighted by Gasteiger charge is 2.04. The molecule has 27 heavy (non-hydrogen) atoms. The zero-order valence-electron chi connectivity index (χ0n) is 14.2. The molecule has 4 nitrogen and oxygen atoms in total. The number of alkyl halides is 2. The summed E-state index contributed by atoms with van der Waals surface area (Å²) in [5, 5.41) is 9.75. The number of rotatable bonds is 6. The molecule has 3 N–H and O–H groups in total. The molecule has 0 unspecified atom stereocenters. The van der Waals surface area contributed by atoms with Gasteiger partial charge in [0, 0.05) is 22.7 Å². The average molecular weight is 385 g/mol. The van der Waals surface area contributed by atoms with Gasteiger partial charge in [-0.2, -0.15) is 8.78 Å². The van der Waals surface area contributed by atoms with Crippen LogP contribution in [0, 0.1) is 0 Å². The van der Waals surface area contributed by atoms with Crippen molar-refractivity contribution >= 4 is 40.1 Å². The van der Waals surface area contributed by atoms with Gasteiger partial charge >= 0.3 is 6.61 Å². The molecule has 3 rings (SSSR count). The first-order valence-corrected chi connectivity index (χ1v) is 8.54. The van der Waals surface area contributed by atoms with E-state index < -0.39 is 6.61 Å². The van der Waals surface area contributed by atoms with Crippen LogP contribution < -0.4 is 20.7 Å². The lowest BCUT2D eigenvalue weighted by Gasteiger charge is -2.12. The van der Waals surface area contributed by atoms with E-state index in [4.69, 9.17) is 12.2 Å². The molecule has 0 spiro atoms. The molecule has 0 saturated carbocycles. The van der Waals surface area contributed by atoms with E-state index in [1.54, 1.807) is 12.1 Å². The number of halogens is 2. The second-order valence-electron chi connectivity index (χ2n) is 5.55. The monoisotopic (exact) mass is 385 g/mol. The van der Waals surface area contributed by atoms with Gasteiger partial charge in [0.1, 0.15) is 5.75 Å². The molecule has 3 aromatic rings. The van der Waals surface area contributed by atoms with Gasteiger partial charge in [0.05, 0.1) is 0 Å². The molecule has 0 fully saturated rings. The van der Waals surface area contributed by atoms with Crippen LogP contribution in [0.4, 0.5) is 31.5 Å². The van der Waals surface area contributed by atoms with Crippen molar-refractivity contribution in [2.75, 3.05) is 16.0 Å². The van der Waals surface area contributed by atoms with Crippen LogP contribution in [0.5, 0.6) is 5.75 Å². The first-order chi connectivity index (χ1) is 13.1. The summed E-state index contributed by atoms with van der Waals surface area (Å²) >= 11 is 5.27. The SMILES string of the molecule is FC(F)Oc1ccc(NC(=S)Nc2ccc(Nc3ccccc3)cc2)cc1. The van der Waals surface area contributed by atoms with E-state index in [0.717, 1.165) is 17.1 Å². The lowest BCUT2D eigenvalue weighted by atomic mass is 10.2. The number of benzene rings is 3. The molecule has 0 aromatic heterocycles. The van der Waals surface area contributed by atoms with E-state index in [0.29, 0.717) is 10.8 Å². The summed E-state index contributed by atoms with van der Waals surface area (Å²) in [6.45, 7) is -2.84. The predicted molar refractivity (Wildman–Crippen MR) is 109 cm³/mol. The Morgan fingerprint density at radius 2 is 1.19 bits per heavy atom. The minimum Gasteiger partial charge on any atom is -0.435 e. The first-order valence-electron chi connectivity index (χ1n) is 8.13. The molecule has 0 radical (unpaired) electrons. The van der Waals surface area contributed by atoms with Gasteiger partial charge in [-0.3, -0.25) is 0 Å². The van der Waals surface area contributed by atoms with Crippen molar-refractivity contribution in [3.05, 3.63) is 78.9 Å². The third kappa shape index (κ3) is 5.93. The molecule has 0 heterocycles. The average Bonchev–Trinajstić information content (AvgIpc) is 2.65. The van der Waals surface area contributed by atoms with Gasteiger partial charge in [-0.1, -0.05) is 18.2 Å². The van der Waals surface area contributed by atoms with Crippen LogP contribution in [0.15, 0.2) is 78.9 Å². The Labute approximate surface area is 161 Å². The minimum absolute atomic E-state index is 0.0935. The zero-order valence-corrected chi connectivity index (χ0v) is 15.0. The fourth-order valence-corrected chi connectivity index (χ4v) is 2.57. The third-order valence-electron chi connectivity index (χ3n) is 3.54. The second-order valence-corrected chi connectivity index (χ2v) is 5.96. The zero-order chi connectivity index (χ0) is 19.1. The summed E-state index contributed by atoms with van der Waals surface area (Å²) < 4.78 is 28.6. The first kappa shape index (κ1) is 18.6. The highest BCUT2D eigenvalue weighted by atomic mass is 32.1. The maximum absolute atomic E-state index is 12.2. The van der Waals surface area contributed by atoms with E-state index in [-0.39, 0.29) is 5.75 Å². The molecule has 3 aromatic carbocycles. The number of hydrogen-bond donors (Lipinski definition) is 3. The Kier molecular flexibility index (Phi) is 6.17. The topological polar surface area (TPSA) is 45.3 Å². The van der Waals surface area contributed by atoms with Gasteiger partial charge in [-0.15, -0.1) is 0 Å². The quantitative estimate of drug-likeness (QED) is 0.465. The van der Waals surface area contributed by atoms with Gasteiger partial charge in [0.25, 0.3) is 0 Å². The summed E-state index contributed by atoms with van der Waals surface area (Å²) in [7, 11) is 0. The Morgan fingerprint density at radius 3 is 1.74 bits per heavy atom. The Bertz CT molecular complexity index is 872. The van der Waals surface area contributed by atoms with E-state index in [1.807, 2.05) is 54.6 Å². The molecular weight excluding hydrogens is 368 g/mol. The smallest absolute Gasteiger partial charge is 0.387 e. The standard InChI is InChI=1S/C20H17F2N3OS/c21-19(22)26-18-12-10-17(11-13-18)25-20(27)24-16-8-6-15(7-9-16)23-14-4-2-1-3-5-14/h1-13,19,23H,(H2,24,25,27). The van der Waals surface area contributed by atoms with Crippen LogP contribution in [-0.2, 0) is 0 Å². The molecule has 0 bridgehead atoms. The Hall–Kier alpha value is -3.19. The van der Waals surface area contributed by atoms with E-state index in [2.05, 4.69) is 20.7 Å². The maximum Gasteiger partial charge on any atom is 0.387 e. The molecule has 0 amide bonds. The normalized spacial score (nSPS) is 10.3. The number of para-hydroxylation sites is 1. The van der Waals surface area contributed by atoms with Crippen molar-refractivity contribution in [3.8, 4) is 5.75 Å². The van der Waals surface area contributed by atoms with Crippen molar-refractivity contribution in [1.82, 2.24) is 0 Å². The van der Waals surface area contributed by atoms with Gasteiger partial charge in [-0.25, -0.2) is 0 Å². The highest BCUT2D eigenvalue weighted by Crippen LogP contribution is 2.20. The summed E-state index contributed by atoms with van der Waals surface area (Å²) in [6, 6.07) is 23.7. The summed E-state index contributed by atoms with van der Waals surface area (Å²) in [6.07, 6.45) is 0. The summed E-state index contributed by atoms with van der Waals surface area (Å²) in [5.41, 5.74) is 3.45. The molecule has 0 atom stereocenters. The molecular formula is C20H17F2N3OS. The van der Waals surface area contributed by atoms with Gasteiger partial charge in [0.2, 0.25) is 0 Å². The van der Waals surface area contributed by atoms with E-state index >= 15 is 0 Å². The third-order valence-corrected chi connectivity index (χ3v) is 3.75. The van der Waals surface area contributed by atoms with Crippen molar-refractivity contribution in [2.24, 2.45) is 0 Å². The van der Waals surface area contributed by atoms with Crippen LogP contribution in [0.3, 0.4) is 0 Å². The molecule has 7 heteroatoms. The summed E-state index contributed by atoms with van der Waals surface area (Å²) in [5.74, 6) is 0.0935. The number of ether oxygens (including phenoxy) is 1. The van der Waals surface area contributed by atoms with Crippen LogP contribution in [-0.4, -0.2) is 11.7 Å². The molecule has 0 aliphatic rings. The molecule has 0 saturated heterocycles. The van der Waals surface area contributed by atoms with Gasteiger partial charge in [0.15, 0.2) is 5.11 Å². The molecule has 138 valence electrons. The maximum atomic E-state index is 12.2. The van der Waals surface area contributed by atoms with Crippen LogP contribution in [0.25, 0.3) is 0 Å². The minimum atomic E-state index is -2.84. The fraction of sp³-hybridized carbons (Fsp3) is 0.0500. The number of thiocarbonyl (C=S) groups is 1. The van der Waals surface area contributed by atoms with Gasteiger partial charge in [-0.05, 0) is 72.9 Å².